The molecule has 0 saturated carbocycles. The molecule has 1 atom stereocenters. The normalized spacial score (nSPS) is 17.8. The molecule has 118 valence electrons. The van der Waals surface area contributed by atoms with Crippen LogP contribution in [-0.4, -0.2) is 28.2 Å². The zero-order valence-corrected chi connectivity index (χ0v) is 13.3. The summed E-state index contributed by atoms with van der Waals surface area (Å²) in [5, 5.41) is 10.8. The minimum absolute atomic E-state index is 0.00351. The topological polar surface area (TPSA) is 107 Å². The molecule has 1 aliphatic rings. The highest BCUT2D eigenvalue weighted by atomic mass is 35.5. The van der Waals surface area contributed by atoms with Gasteiger partial charge in [0.2, 0.25) is 5.91 Å². The summed E-state index contributed by atoms with van der Waals surface area (Å²) < 4.78 is 0. The van der Waals surface area contributed by atoms with Crippen LogP contribution in [0.3, 0.4) is 0 Å². The van der Waals surface area contributed by atoms with Crippen molar-refractivity contribution in [2.75, 3.05) is 22.9 Å². The third-order valence-corrected chi connectivity index (χ3v) is 4.66. The molecule has 0 aromatic heterocycles. The van der Waals surface area contributed by atoms with Gasteiger partial charge in [0.05, 0.1) is 16.3 Å². The third-order valence-electron chi connectivity index (χ3n) is 3.31. The lowest BCUT2D eigenvalue weighted by Crippen LogP contribution is -2.25. The second-order valence-corrected chi connectivity index (χ2v) is 6.60. The highest BCUT2D eigenvalue weighted by molar-refractivity contribution is 8.13. The van der Waals surface area contributed by atoms with Crippen molar-refractivity contribution in [3.63, 3.8) is 0 Å². The van der Waals surface area contributed by atoms with Crippen molar-refractivity contribution in [1.82, 2.24) is 0 Å². The Morgan fingerprint density at radius 3 is 2.86 bits per heavy atom. The lowest BCUT2D eigenvalue weighted by molar-refractivity contribution is -0.384. The fraction of sp³-hybridized carbons (Fsp3) is 0.385. The van der Waals surface area contributed by atoms with Gasteiger partial charge in [-0.05, 0) is 12.0 Å². The Bertz CT molecular complexity index is 652. The van der Waals surface area contributed by atoms with E-state index < -0.39 is 4.92 Å². The van der Waals surface area contributed by atoms with E-state index in [0.29, 0.717) is 24.4 Å². The number of carbonyl (C=O) groups excluding carboxylic acids is 2. The Balaban J connectivity index is 2.21. The van der Waals surface area contributed by atoms with E-state index in [1.54, 1.807) is 0 Å². The first-order valence-electron chi connectivity index (χ1n) is 6.46. The Labute approximate surface area is 135 Å². The molecular weight excluding hydrogens is 330 g/mol. The van der Waals surface area contributed by atoms with Crippen molar-refractivity contribution < 1.29 is 14.5 Å². The van der Waals surface area contributed by atoms with Gasteiger partial charge in [0.25, 0.3) is 5.69 Å². The second-order valence-electron chi connectivity index (χ2n) is 5.00. The number of anilines is 2. The first-order valence-corrected chi connectivity index (χ1v) is 7.83. The van der Waals surface area contributed by atoms with Gasteiger partial charge in [-0.25, -0.2) is 0 Å². The van der Waals surface area contributed by atoms with E-state index in [-0.39, 0.29) is 33.3 Å². The number of nitrogens with zero attached hydrogens (tertiary/aromatic N) is 2. The van der Waals surface area contributed by atoms with Crippen molar-refractivity contribution in [1.29, 1.82) is 0 Å². The van der Waals surface area contributed by atoms with Gasteiger partial charge in [0, 0.05) is 31.7 Å². The van der Waals surface area contributed by atoms with Crippen LogP contribution < -0.4 is 10.6 Å². The summed E-state index contributed by atoms with van der Waals surface area (Å²) in [6.45, 7) is 1.89. The van der Waals surface area contributed by atoms with Crippen LogP contribution in [0.15, 0.2) is 12.1 Å². The number of benzene rings is 1. The molecule has 1 aromatic rings. The summed E-state index contributed by atoms with van der Waals surface area (Å²) in [5.41, 5.74) is 6.03. The molecule has 0 radical (unpaired) electrons. The van der Waals surface area contributed by atoms with Gasteiger partial charge in [-0.2, -0.15) is 0 Å². The number of nitrogen functional groups attached to an aromatic ring is 1. The van der Waals surface area contributed by atoms with Crippen molar-refractivity contribution >= 4 is 51.4 Å². The molecule has 2 N–H and O–H groups in total. The minimum Gasteiger partial charge on any atom is -0.397 e. The molecule has 2 rings (SSSR count). The largest absolute Gasteiger partial charge is 0.397 e. The summed E-state index contributed by atoms with van der Waals surface area (Å²) in [6.07, 6.45) is 0.314. The molecule has 1 amide bonds. The van der Waals surface area contributed by atoms with E-state index >= 15 is 0 Å². The molecule has 9 heteroatoms. The van der Waals surface area contributed by atoms with Gasteiger partial charge in [0.1, 0.15) is 5.02 Å². The lowest BCUT2D eigenvalue weighted by Gasteiger charge is -2.19. The van der Waals surface area contributed by atoms with E-state index in [2.05, 4.69) is 0 Å². The number of hydrogen-bond donors (Lipinski definition) is 1. The first kappa shape index (κ1) is 16.6. The minimum atomic E-state index is -0.624. The smallest absolute Gasteiger partial charge is 0.290 e. The van der Waals surface area contributed by atoms with Crippen LogP contribution in [0, 0.1) is 16.0 Å². The highest BCUT2D eigenvalue weighted by Gasteiger charge is 2.32. The molecule has 1 unspecified atom stereocenters. The first-order chi connectivity index (χ1) is 10.3. The van der Waals surface area contributed by atoms with Crippen LogP contribution in [0.5, 0.6) is 0 Å². The zero-order chi connectivity index (χ0) is 16.4. The Hall–Kier alpha value is -1.80. The molecule has 22 heavy (non-hydrogen) atoms. The number of halogens is 1. The van der Waals surface area contributed by atoms with Gasteiger partial charge in [-0.1, -0.05) is 23.4 Å². The fourth-order valence-corrected chi connectivity index (χ4v) is 3.22. The van der Waals surface area contributed by atoms with E-state index in [9.17, 15) is 19.7 Å². The van der Waals surface area contributed by atoms with Crippen LogP contribution in [0.2, 0.25) is 5.02 Å². The second kappa shape index (κ2) is 6.53. The van der Waals surface area contributed by atoms with E-state index in [1.807, 2.05) is 0 Å². The van der Waals surface area contributed by atoms with Crippen LogP contribution in [0.4, 0.5) is 17.1 Å². The summed E-state index contributed by atoms with van der Waals surface area (Å²) in [7, 11) is 0. The number of nitrogens with two attached hydrogens (primary N) is 1. The molecule has 0 aliphatic carbocycles. The van der Waals surface area contributed by atoms with Gasteiger partial charge in [-0.15, -0.1) is 0 Å². The maximum Gasteiger partial charge on any atom is 0.290 e. The van der Waals surface area contributed by atoms with Crippen molar-refractivity contribution in [3.05, 3.63) is 27.3 Å². The average Bonchev–Trinajstić information content (AvgIpc) is 2.79. The predicted molar refractivity (Wildman–Crippen MR) is 86.1 cm³/mol. The number of thioether (sulfide) groups is 1. The van der Waals surface area contributed by atoms with Crippen LogP contribution in [-0.2, 0) is 9.59 Å². The SMILES string of the molecule is CC(=O)SCC1CC(=O)N(c2cc(Cl)c([N+](=O)[O-])cc2N)C1. The quantitative estimate of drug-likeness (QED) is 0.511. The molecule has 1 saturated heterocycles. The molecule has 1 fully saturated rings. The third kappa shape index (κ3) is 3.50. The van der Waals surface area contributed by atoms with E-state index in [1.165, 1.54) is 29.7 Å². The molecule has 0 spiro atoms. The van der Waals surface area contributed by atoms with Gasteiger partial charge < -0.3 is 10.6 Å². The summed E-state index contributed by atoms with van der Waals surface area (Å²) in [6, 6.07) is 2.50. The Morgan fingerprint density at radius 2 is 2.27 bits per heavy atom. The number of nitro benzene ring substituents is 1. The monoisotopic (exact) mass is 343 g/mol. The van der Waals surface area contributed by atoms with Crippen molar-refractivity contribution in [2.24, 2.45) is 5.92 Å². The van der Waals surface area contributed by atoms with Gasteiger partial charge in [-0.3, -0.25) is 19.7 Å². The van der Waals surface area contributed by atoms with Gasteiger partial charge in [0.15, 0.2) is 5.12 Å². The fourth-order valence-electron chi connectivity index (χ4n) is 2.30. The summed E-state index contributed by atoms with van der Waals surface area (Å²) in [4.78, 5) is 34.8. The number of carbonyl (C=O) groups is 2. The highest BCUT2D eigenvalue weighted by Crippen LogP contribution is 2.37. The standard InChI is InChI=1S/C13H14ClN3O4S/c1-7(18)22-6-8-2-13(19)16(5-8)12-3-9(14)11(17(20)21)4-10(12)15/h3-4,8H,2,5-6,15H2,1H3. The molecule has 1 aliphatic heterocycles. The van der Waals surface area contributed by atoms with Gasteiger partial charge >= 0.3 is 0 Å². The number of hydrogen-bond acceptors (Lipinski definition) is 6. The average molecular weight is 344 g/mol. The lowest BCUT2D eigenvalue weighted by atomic mass is 10.1. The number of amides is 1. The van der Waals surface area contributed by atoms with Crippen LogP contribution in [0.25, 0.3) is 0 Å². The van der Waals surface area contributed by atoms with Crippen LogP contribution in [0.1, 0.15) is 13.3 Å². The van der Waals surface area contributed by atoms with Crippen molar-refractivity contribution in [2.45, 2.75) is 13.3 Å². The predicted octanol–water partition coefficient (Wildman–Crippen LogP) is 2.46. The van der Waals surface area contributed by atoms with E-state index in [0.717, 1.165) is 6.07 Å². The summed E-state index contributed by atoms with van der Waals surface area (Å²) in [5.74, 6) is 0.457. The molecule has 1 aromatic carbocycles. The zero-order valence-electron chi connectivity index (χ0n) is 11.7. The number of rotatable bonds is 4. The molecule has 1 heterocycles. The Kier molecular flexibility index (Phi) is 4.92. The van der Waals surface area contributed by atoms with Crippen molar-refractivity contribution in [3.8, 4) is 0 Å². The van der Waals surface area contributed by atoms with Crippen LogP contribution >= 0.6 is 23.4 Å². The Morgan fingerprint density at radius 1 is 1.59 bits per heavy atom. The molecule has 7 nitrogen and oxygen atoms in total. The molecule has 0 bridgehead atoms. The maximum atomic E-state index is 12.1. The molecular formula is C13H14ClN3O4S. The number of nitro groups is 1. The van der Waals surface area contributed by atoms with E-state index in [4.69, 9.17) is 17.3 Å². The summed E-state index contributed by atoms with van der Waals surface area (Å²) >= 11 is 7.05. The maximum absolute atomic E-state index is 12.1.